The van der Waals surface area contributed by atoms with Crippen molar-refractivity contribution in [1.29, 1.82) is 5.41 Å². The Morgan fingerprint density at radius 3 is 2.38 bits per heavy atom. The van der Waals surface area contributed by atoms with Crippen molar-refractivity contribution in [2.45, 2.75) is 6.04 Å². The van der Waals surface area contributed by atoms with Crippen LogP contribution >= 0.6 is 0 Å². The van der Waals surface area contributed by atoms with Crippen LogP contribution in [0.4, 0.5) is 5.95 Å². The Morgan fingerprint density at radius 2 is 1.76 bits per heavy atom. The van der Waals surface area contributed by atoms with Gasteiger partial charge in [-0.2, -0.15) is 5.10 Å². The fourth-order valence-corrected chi connectivity index (χ4v) is 4.82. The van der Waals surface area contributed by atoms with Crippen LogP contribution in [0.1, 0.15) is 22.9 Å². The number of nitrogens with one attached hydrogen (secondary N) is 2. The van der Waals surface area contributed by atoms with Gasteiger partial charge in [0.15, 0.2) is 5.84 Å². The topological polar surface area (TPSA) is 105 Å². The highest BCUT2D eigenvalue weighted by Gasteiger charge is 2.24. The van der Waals surface area contributed by atoms with E-state index in [1.165, 1.54) is 5.56 Å². The van der Waals surface area contributed by atoms with Gasteiger partial charge in [-0.25, -0.2) is 15.0 Å². The minimum absolute atomic E-state index is 0.101. The van der Waals surface area contributed by atoms with Gasteiger partial charge < -0.3 is 14.8 Å². The minimum Gasteiger partial charge on any atom is -0.358 e. The molecule has 37 heavy (non-hydrogen) atoms. The van der Waals surface area contributed by atoms with Crippen molar-refractivity contribution in [3.05, 3.63) is 84.2 Å². The number of aromatic amines is 1. The van der Waals surface area contributed by atoms with Crippen LogP contribution in [0.15, 0.2) is 72.4 Å². The predicted octanol–water partition coefficient (Wildman–Crippen LogP) is 3.03. The lowest BCUT2D eigenvalue weighted by atomic mass is 10.0. The van der Waals surface area contributed by atoms with Gasteiger partial charge in [-0.3, -0.25) is 15.0 Å². The van der Waals surface area contributed by atoms with Crippen molar-refractivity contribution in [2.75, 3.05) is 45.2 Å². The van der Waals surface area contributed by atoms with Crippen LogP contribution in [0.5, 0.6) is 0 Å². The van der Waals surface area contributed by atoms with Gasteiger partial charge in [-0.1, -0.05) is 30.3 Å². The van der Waals surface area contributed by atoms with Gasteiger partial charge in [0.05, 0.1) is 17.9 Å². The Hall–Kier alpha value is -4.31. The van der Waals surface area contributed by atoms with Gasteiger partial charge in [0, 0.05) is 74.7 Å². The molecule has 0 saturated carbocycles. The van der Waals surface area contributed by atoms with Crippen LogP contribution in [0.25, 0.3) is 11.1 Å². The van der Waals surface area contributed by atoms with Crippen molar-refractivity contribution < 1.29 is 0 Å². The molecule has 10 nitrogen and oxygen atoms in total. The van der Waals surface area contributed by atoms with Crippen LogP contribution in [-0.4, -0.2) is 87.0 Å². The maximum absolute atomic E-state index is 7.60. The summed E-state index contributed by atoms with van der Waals surface area (Å²) in [5.41, 5.74) is 5.24. The van der Waals surface area contributed by atoms with E-state index < -0.39 is 0 Å². The second-order valence-electron chi connectivity index (χ2n) is 9.35. The molecule has 0 unspecified atom stereocenters. The summed E-state index contributed by atoms with van der Waals surface area (Å²) in [6, 6.07) is 12.6. The largest absolute Gasteiger partial charge is 0.358 e. The molecule has 0 radical (unpaired) electrons. The summed E-state index contributed by atoms with van der Waals surface area (Å²) in [5, 5.41) is 11.9. The molecule has 1 aromatic carbocycles. The first-order valence-electron chi connectivity index (χ1n) is 12.3. The lowest BCUT2D eigenvalue weighted by Gasteiger charge is -2.36. The maximum atomic E-state index is 7.60. The number of hydrogen-bond donors (Lipinski definition) is 2. The number of anilines is 1. The SMILES string of the molecule is CN(C)[C@@H](c1ccccc1)c1cnc(N2CCN(/C(=N/C=N)c3cc(-c4cnn(C)c4)c[nH]3)CC2)nc1. The first-order valence-corrected chi connectivity index (χ1v) is 12.3. The molecule has 4 heterocycles. The van der Waals surface area contributed by atoms with E-state index in [9.17, 15) is 0 Å². The number of nitrogens with zero attached hydrogens (tertiary/aromatic N) is 8. The molecule has 0 amide bonds. The third-order valence-corrected chi connectivity index (χ3v) is 6.62. The average molecular weight is 497 g/mol. The van der Waals surface area contributed by atoms with Crippen LogP contribution in [0, 0.1) is 5.41 Å². The third-order valence-electron chi connectivity index (χ3n) is 6.62. The standard InChI is InChI=1S/C27H32N10/c1-34(2)25(20-7-5-4-6-8-20)22-15-30-27(31-16-22)37-11-9-36(10-12-37)26(32-19-28)24-13-21(14-29-24)23-17-33-35(3)18-23/h4-8,13-19,25,28-29H,9-12H2,1-3H3/b28-19?,32-26+/t25-/m0/s1. The predicted molar refractivity (Wildman–Crippen MR) is 146 cm³/mol. The van der Waals surface area contributed by atoms with E-state index in [-0.39, 0.29) is 6.04 Å². The highest BCUT2D eigenvalue weighted by Crippen LogP contribution is 2.26. The van der Waals surface area contributed by atoms with Gasteiger partial charge in [0.1, 0.15) is 6.34 Å². The summed E-state index contributed by atoms with van der Waals surface area (Å²) >= 11 is 0. The summed E-state index contributed by atoms with van der Waals surface area (Å²) < 4.78 is 1.78. The zero-order valence-corrected chi connectivity index (χ0v) is 21.4. The monoisotopic (exact) mass is 496 g/mol. The second-order valence-corrected chi connectivity index (χ2v) is 9.35. The van der Waals surface area contributed by atoms with E-state index in [0.29, 0.717) is 0 Å². The Kier molecular flexibility index (Phi) is 7.09. The Labute approximate surface area is 216 Å². The summed E-state index contributed by atoms with van der Waals surface area (Å²) in [7, 11) is 6.05. The normalized spacial score (nSPS) is 15.3. The summed E-state index contributed by atoms with van der Waals surface area (Å²) in [6.45, 7) is 3.04. The zero-order chi connectivity index (χ0) is 25.8. The van der Waals surface area contributed by atoms with Crippen molar-refractivity contribution in [3.63, 3.8) is 0 Å². The molecule has 1 saturated heterocycles. The molecule has 0 aliphatic carbocycles. The number of hydrogen-bond acceptors (Lipinski definition) is 6. The molecular formula is C27H32N10. The molecule has 0 spiro atoms. The van der Waals surface area contributed by atoms with Crippen molar-refractivity contribution in [1.82, 2.24) is 34.5 Å². The smallest absolute Gasteiger partial charge is 0.225 e. The van der Waals surface area contributed by atoms with E-state index in [4.69, 9.17) is 15.4 Å². The zero-order valence-electron chi connectivity index (χ0n) is 21.4. The highest BCUT2D eigenvalue weighted by molar-refractivity contribution is 6.01. The third kappa shape index (κ3) is 5.29. The van der Waals surface area contributed by atoms with Crippen molar-refractivity contribution in [3.8, 4) is 11.1 Å². The van der Waals surface area contributed by atoms with E-state index in [1.807, 2.05) is 44.1 Å². The molecule has 2 N–H and O–H groups in total. The first-order chi connectivity index (χ1) is 18.0. The molecule has 4 aromatic rings. The number of aryl methyl sites for hydroxylation is 1. The number of benzene rings is 1. The van der Waals surface area contributed by atoms with Gasteiger partial charge in [-0.15, -0.1) is 0 Å². The molecular weight excluding hydrogens is 464 g/mol. The van der Waals surface area contributed by atoms with Gasteiger partial charge in [0.25, 0.3) is 0 Å². The van der Waals surface area contributed by atoms with Crippen LogP contribution < -0.4 is 4.90 Å². The lowest BCUT2D eigenvalue weighted by Crippen LogP contribution is -2.49. The molecule has 1 aliphatic heterocycles. The average Bonchev–Trinajstić information content (AvgIpc) is 3.58. The van der Waals surface area contributed by atoms with Gasteiger partial charge in [0.2, 0.25) is 5.95 Å². The number of aromatic nitrogens is 5. The number of piperazine rings is 1. The number of rotatable bonds is 7. The van der Waals surface area contributed by atoms with Gasteiger partial charge >= 0.3 is 0 Å². The molecule has 1 aliphatic rings. The van der Waals surface area contributed by atoms with Crippen LogP contribution in [0.3, 0.4) is 0 Å². The molecule has 3 aromatic heterocycles. The first kappa shape index (κ1) is 24.4. The summed E-state index contributed by atoms with van der Waals surface area (Å²) in [4.78, 5) is 23.7. The number of aliphatic imine (C=N–C) groups is 1. The summed E-state index contributed by atoms with van der Waals surface area (Å²) in [5.74, 6) is 1.50. The van der Waals surface area contributed by atoms with E-state index in [0.717, 1.165) is 66.7 Å². The van der Waals surface area contributed by atoms with Crippen molar-refractivity contribution >= 4 is 18.1 Å². The molecule has 190 valence electrons. The Bertz CT molecular complexity index is 1350. The summed E-state index contributed by atoms with van der Waals surface area (Å²) in [6.07, 6.45) is 10.7. The van der Waals surface area contributed by atoms with E-state index in [1.54, 1.807) is 4.68 Å². The van der Waals surface area contributed by atoms with Crippen LogP contribution in [-0.2, 0) is 7.05 Å². The minimum atomic E-state index is 0.101. The van der Waals surface area contributed by atoms with Crippen molar-refractivity contribution in [2.24, 2.45) is 12.0 Å². The fourth-order valence-electron chi connectivity index (χ4n) is 4.82. The fraction of sp³-hybridized carbons (Fsp3) is 0.296. The molecule has 5 rings (SSSR count). The molecule has 1 atom stereocenters. The molecule has 0 bridgehead atoms. The quantitative estimate of drug-likeness (QED) is 0.301. The lowest BCUT2D eigenvalue weighted by molar-refractivity contribution is 0.341. The molecule has 10 heteroatoms. The van der Waals surface area contributed by atoms with E-state index in [2.05, 4.69) is 74.2 Å². The maximum Gasteiger partial charge on any atom is 0.225 e. The number of H-pyrrole nitrogens is 1. The second kappa shape index (κ2) is 10.8. The Morgan fingerprint density at radius 1 is 1.03 bits per heavy atom. The van der Waals surface area contributed by atoms with E-state index >= 15 is 0 Å². The highest BCUT2D eigenvalue weighted by atomic mass is 15.3. The Balaban J connectivity index is 1.26. The van der Waals surface area contributed by atoms with Gasteiger partial charge in [-0.05, 0) is 25.7 Å². The number of amidine groups is 1. The molecule has 1 fully saturated rings. The van der Waals surface area contributed by atoms with Crippen LogP contribution in [0.2, 0.25) is 0 Å².